The van der Waals surface area contributed by atoms with Crippen molar-refractivity contribution in [2.45, 2.75) is 0 Å². The first-order valence-electron chi connectivity index (χ1n) is 20.4. The highest BCUT2D eigenvalue weighted by atomic mass is 15.0. The summed E-state index contributed by atoms with van der Waals surface area (Å²) in [5, 5.41) is 36.8. The molecule has 0 saturated heterocycles. The third kappa shape index (κ3) is 5.68. The number of rotatable bonds is 6. The number of fused-ring (bicyclic) bond motifs is 6. The summed E-state index contributed by atoms with van der Waals surface area (Å²) in [6.07, 6.45) is 0. The van der Waals surface area contributed by atoms with E-state index in [4.69, 9.17) is 0 Å². The van der Waals surface area contributed by atoms with Gasteiger partial charge in [0.15, 0.2) is 0 Å². The fourth-order valence-electron chi connectivity index (χ4n) is 9.30. The molecule has 0 amide bonds. The molecule has 0 bridgehead atoms. The lowest BCUT2D eigenvalue weighted by atomic mass is 9.83. The summed E-state index contributed by atoms with van der Waals surface area (Å²) in [7, 11) is 0. The number of hydrogen-bond donors (Lipinski definition) is 0. The molecule has 9 aromatic carbocycles. The lowest BCUT2D eigenvalue weighted by Crippen LogP contribution is -1.98. The summed E-state index contributed by atoms with van der Waals surface area (Å²) >= 11 is 0. The van der Waals surface area contributed by atoms with Crippen molar-refractivity contribution in [1.29, 1.82) is 15.8 Å². The number of para-hydroxylation sites is 3. The molecule has 5 heteroatoms. The number of hydrogen-bond acceptors (Lipinski definition) is 3. The first-order chi connectivity index (χ1) is 30.6. The Morgan fingerprint density at radius 3 is 1.37 bits per heavy atom. The number of nitriles is 3. The summed E-state index contributed by atoms with van der Waals surface area (Å²) in [5.41, 5.74) is 13.9. The molecule has 0 aliphatic heterocycles. The minimum Gasteiger partial charge on any atom is -0.309 e. The Balaban J connectivity index is 1.14. The summed E-state index contributed by atoms with van der Waals surface area (Å²) < 4.78 is 4.68. The van der Waals surface area contributed by atoms with Gasteiger partial charge in [-0.3, -0.25) is 0 Å². The molecule has 62 heavy (non-hydrogen) atoms. The van der Waals surface area contributed by atoms with Crippen molar-refractivity contribution in [2.75, 3.05) is 0 Å². The topological polar surface area (TPSA) is 81.2 Å². The van der Waals surface area contributed by atoms with E-state index < -0.39 is 0 Å². The number of nitrogens with zero attached hydrogens (tertiary/aromatic N) is 5. The molecule has 5 nitrogen and oxygen atoms in total. The molecule has 0 saturated carbocycles. The van der Waals surface area contributed by atoms with Crippen molar-refractivity contribution >= 4 is 43.6 Å². The van der Waals surface area contributed by atoms with Crippen LogP contribution in [0, 0.1) is 34.0 Å². The summed E-state index contributed by atoms with van der Waals surface area (Å²) in [6, 6.07) is 75.2. The first kappa shape index (κ1) is 36.2. The van der Waals surface area contributed by atoms with Crippen LogP contribution in [0.25, 0.3) is 99.5 Å². The molecule has 286 valence electrons. The minimum atomic E-state index is 0.387. The van der Waals surface area contributed by atoms with Gasteiger partial charge in [-0.1, -0.05) is 133 Å². The van der Waals surface area contributed by atoms with Crippen LogP contribution in [0.15, 0.2) is 200 Å². The molecule has 0 atom stereocenters. The van der Waals surface area contributed by atoms with Gasteiger partial charge in [-0.25, -0.2) is 0 Å². The fourth-order valence-corrected chi connectivity index (χ4v) is 9.30. The second kappa shape index (κ2) is 14.7. The van der Waals surface area contributed by atoms with E-state index in [9.17, 15) is 15.8 Å². The van der Waals surface area contributed by atoms with E-state index in [1.54, 1.807) is 0 Å². The Morgan fingerprint density at radius 1 is 0.306 bits per heavy atom. The van der Waals surface area contributed by atoms with Gasteiger partial charge in [-0.15, -0.1) is 0 Å². The highest BCUT2D eigenvalue weighted by Gasteiger charge is 2.23. The van der Waals surface area contributed by atoms with Crippen LogP contribution in [0.1, 0.15) is 16.7 Å². The standard InChI is InChI=1S/C57H33N5/c58-34-41-29-39(47-31-46(37-15-5-1-6-16-37)51(35-59)57(52(47)36-60)38-17-7-2-8-18-38)25-27-44(41)40-26-28-54-48(30-40)50-33-55-49(32-56(50)62(54)43-21-11-4-12-22-43)45-23-13-14-24-53(45)61(55)42-19-9-3-10-20-42/h1-33H. The SMILES string of the molecule is N#Cc1cc(-c2cc(-c3ccccc3)c(C#N)c(-c3ccccc3)c2C#N)ccc1-c1ccc2c(c1)c1cc3c(cc1n2-c1ccccc1)c1ccccc1n3-c1ccccc1. The van der Waals surface area contributed by atoms with E-state index >= 15 is 0 Å². The predicted molar refractivity (Wildman–Crippen MR) is 251 cm³/mol. The quantitative estimate of drug-likeness (QED) is 0.168. The minimum absolute atomic E-state index is 0.387. The second-order valence-corrected chi connectivity index (χ2v) is 15.4. The van der Waals surface area contributed by atoms with Crippen molar-refractivity contribution < 1.29 is 0 Å². The molecule has 11 rings (SSSR count). The predicted octanol–water partition coefficient (Wildman–Crippen LogP) is 14.2. The van der Waals surface area contributed by atoms with Gasteiger partial charge in [-0.05, 0) is 94.5 Å². The lowest BCUT2D eigenvalue weighted by Gasteiger charge is -2.17. The molecule has 0 aliphatic carbocycles. The van der Waals surface area contributed by atoms with Crippen LogP contribution in [0.4, 0.5) is 0 Å². The van der Waals surface area contributed by atoms with E-state index in [2.05, 4.69) is 130 Å². The molecule has 0 N–H and O–H groups in total. The molecule has 0 aliphatic rings. The maximum Gasteiger partial charge on any atom is 0.100 e. The zero-order valence-corrected chi connectivity index (χ0v) is 33.3. The van der Waals surface area contributed by atoms with Crippen LogP contribution in [-0.2, 0) is 0 Å². The van der Waals surface area contributed by atoms with E-state index in [-0.39, 0.29) is 0 Å². The monoisotopic (exact) mass is 787 g/mol. The molecular formula is C57H33N5. The van der Waals surface area contributed by atoms with Gasteiger partial charge in [-0.2, -0.15) is 15.8 Å². The molecule has 0 fully saturated rings. The fraction of sp³-hybridized carbons (Fsp3) is 0. The normalized spacial score (nSPS) is 11.2. The molecule has 2 heterocycles. The molecule has 0 radical (unpaired) electrons. The largest absolute Gasteiger partial charge is 0.309 e. The van der Waals surface area contributed by atoms with Crippen LogP contribution < -0.4 is 0 Å². The molecule has 0 spiro atoms. The average Bonchev–Trinajstić information content (AvgIpc) is 3.84. The molecule has 2 aromatic heterocycles. The van der Waals surface area contributed by atoms with Gasteiger partial charge in [0.25, 0.3) is 0 Å². The first-order valence-corrected chi connectivity index (χ1v) is 20.4. The Morgan fingerprint density at radius 2 is 0.774 bits per heavy atom. The van der Waals surface area contributed by atoms with Gasteiger partial charge in [0, 0.05) is 49.6 Å². The van der Waals surface area contributed by atoms with Gasteiger partial charge in [0.05, 0.1) is 44.8 Å². The van der Waals surface area contributed by atoms with E-state index in [0.29, 0.717) is 27.8 Å². The van der Waals surface area contributed by atoms with Crippen molar-refractivity contribution in [2.24, 2.45) is 0 Å². The second-order valence-electron chi connectivity index (χ2n) is 15.4. The van der Waals surface area contributed by atoms with E-state index in [0.717, 1.165) is 77.6 Å². The van der Waals surface area contributed by atoms with Gasteiger partial charge in [0.1, 0.15) is 12.1 Å². The third-order valence-corrected chi connectivity index (χ3v) is 12.0. The average molecular weight is 788 g/mol. The molecule has 11 aromatic rings. The van der Waals surface area contributed by atoms with Crippen molar-refractivity contribution in [3.63, 3.8) is 0 Å². The Kier molecular flexibility index (Phi) is 8.57. The zero-order valence-electron chi connectivity index (χ0n) is 33.3. The zero-order chi connectivity index (χ0) is 41.7. The maximum atomic E-state index is 10.8. The van der Waals surface area contributed by atoms with Crippen molar-refractivity contribution in [3.8, 4) is 74.1 Å². The number of aromatic nitrogens is 2. The van der Waals surface area contributed by atoms with Gasteiger partial charge < -0.3 is 9.13 Å². The molecule has 0 unspecified atom stereocenters. The van der Waals surface area contributed by atoms with Crippen LogP contribution >= 0.6 is 0 Å². The highest BCUT2D eigenvalue weighted by molar-refractivity contribution is 6.19. The van der Waals surface area contributed by atoms with Crippen LogP contribution in [0.5, 0.6) is 0 Å². The lowest BCUT2D eigenvalue weighted by molar-refractivity contribution is 1.17. The van der Waals surface area contributed by atoms with Crippen LogP contribution in [-0.4, -0.2) is 9.13 Å². The van der Waals surface area contributed by atoms with Crippen molar-refractivity contribution in [1.82, 2.24) is 9.13 Å². The third-order valence-electron chi connectivity index (χ3n) is 12.0. The summed E-state index contributed by atoms with van der Waals surface area (Å²) in [5.74, 6) is 0. The summed E-state index contributed by atoms with van der Waals surface area (Å²) in [6.45, 7) is 0. The number of benzene rings is 9. The molecular weight excluding hydrogens is 755 g/mol. The maximum absolute atomic E-state index is 10.8. The Bertz CT molecular complexity index is 3690. The van der Waals surface area contributed by atoms with Crippen LogP contribution in [0.2, 0.25) is 0 Å². The van der Waals surface area contributed by atoms with Crippen molar-refractivity contribution in [3.05, 3.63) is 217 Å². The smallest absolute Gasteiger partial charge is 0.100 e. The van der Waals surface area contributed by atoms with Gasteiger partial charge >= 0.3 is 0 Å². The Labute approximate surface area is 358 Å². The highest BCUT2D eigenvalue weighted by Crippen LogP contribution is 2.44. The summed E-state index contributed by atoms with van der Waals surface area (Å²) in [4.78, 5) is 0. The van der Waals surface area contributed by atoms with E-state index in [1.165, 1.54) is 10.8 Å². The van der Waals surface area contributed by atoms with Gasteiger partial charge in [0.2, 0.25) is 0 Å². The van der Waals surface area contributed by atoms with Crippen LogP contribution in [0.3, 0.4) is 0 Å². The van der Waals surface area contributed by atoms with E-state index in [1.807, 2.05) is 97.1 Å². The Hall–Kier alpha value is -8.95.